The van der Waals surface area contributed by atoms with Crippen LogP contribution in [-0.2, 0) is 16.0 Å². The SMILES string of the molecule is O=C(CCc1ccccc1)Nc1cccc(NC(=O)CNc2ccc(Cl)cc2)c1. The number of hydrogen-bond donors (Lipinski definition) is 3. The van der Waals surface area contributed by atoms with E-state index in [-0.39, 0.29) is 18.4 Å². The molecule has 0 aliphatic heterocycles. The van der Waals surface area contributed by atoms with Crippen molar-refractivity contribution in [2.45, 2.75) is 12.8 Å². The van der Waals surface area contributed by atoms with Crippen LogP contribution in [0.5, 0.6) is 0 Å². The summed E-state index contributed by atoms with van der Waals surface area (Å²) in [5.41, 5.74) is 3.20. The van der Waals surface area contributed by atoms with Gasteiger partial charge >= 0.3 is 0 Å². The molecule has 5 nitrogen and oxygen atoms in total. The third-order valence-corrected chi connectivity index (χ3v) is 4.46. The van der Waals surface area contributed by atoms with Crippen molar-refractivity contribution < 1.29 is 9.59 Å². The molecule has 3 rings (SSSR count). The number of hydrogen-bond acceptors (Lipinski definition) is 3. The van der Waals surface area contributed by atoms with Crippen LogP contribution in [-0.4, -0.2) is 18.4 Å². The van der Waals surface area contributed by atoms with Gasteiger partial charge in [-0.15, -0.1) is 0 Å². The standard InChI is InChI=1S/C23H22ClN3O2/c24-18-10-12-19(13-11-18)25-16-23(29)27-21-8-4-7-20(15-21)26-22(28)14-9-17-5-2-1-3-6-17/h1-8,10-13,15,25H,9,14,16H2,(H,26,28)(H,27,29). The van der Waals surface area contributed by atoms with Crippen LogP contribution in [0.3, 0.4) is 0 Å². The molecule has 0 saturated heterocycles. The van der Waals surface area contributed by atoms with Crippen molar-refractivity contribution in [3.05, 3.63) is 89.4 Å². The van der Waals surface area contributed by atoms with E-state index in [1.54, 1.807) is 48.5 Å². The van der Waals surface area contributed by atoms with Gasteiger partial charge in [0, 0.05) is 28.5 Å². The minimum atomic E-state index is -0.187. The van der Waals surface area contributed by atoms with E-state index < -0.39 is 0 Å². The maximum Gasteiger partial charge on any atom is 0.243 e. The van der Waals surface area contributed by atoms with Gasteiger partial charge in [0.1, 0.15) is 0 Å². The molecule has 0 atom stereocenters. The highest BCUT2D eigenvalue weighted by atomic mass is 35.5. The molecule has 0 heterocycles. The molecule has 0 bridgehead atoms. The number of amides is 2. The first kappa shape index (κ1) is 20.4. The Balaban J connectivity index is 1.47. The molecule has 0 unspecified atom stereocenters. The van der Waals surface area contributed by atoms with E-state index >= 15 is 0 Å². The van der Waals surface area contributed by atoms with Crippen LogP contribution in [0.25, 0.3) is 0 Å². The molecule has 3 N–H and O–H groups in total. The number of carbonyl (C=O) groups is 2. The molecule has 29 heavy (non-hydrogen) atoms. The van der Waals surface area contributed by atoms with Gasteiger partial charge in [-0.3, -0.25) is 9.59 Å². The van der Waals surface area contributed by atoms with Crippen molar-refractivity contribution in [2.24, 2.45) is 0 Å². The topological polar surface area (TPSA) is 70.2 Å². The number of rotatable bonds is 8. The number of benzene rings is 3. The minimum absolute atomic E-state index is 0.0678. The second-order valence-electron chi connectivity index (χ2n) is 6.52. The number of anilines is 3. The molecule has 2 amide bonds. The summed E-state index contributed by atoms with van der Waals surface area (Å²) in [7, 11) is 0. The van der Waals surface area contributed by atoms with Crippen LogP contribution in [0, 0.1) is 0 Å². The second-order valence-corrected chi connectivity index (χ2v) is 6.96. The molecule has 0 saturated carbocycles. The van der Waals surface area contributed by atoms with Gasteiger partial charge in [-0.1, -0.05) is 48.0 Å². The highest BCUT2D eigenvalue weighted by Crippen LogP contribution is 2.16. The summed E-state index contributed by atoms with van der Waals surface area (Å²) >= 11 is 5.85. The fraction of sp³-hybridized carbons (Fsp3) is 0.130. The molecule has 3 aromatic carbocycles. The molecule has 0 fully saturated rings. The average molecular weight is 408 g/mol. The maximum absolute atomic E-state index is 12.2. The zero-order valence-electron chi connectivity index (χ0n) is 15.8. The van der Waals surface area contributed by atoms with E-state index in [2.05, 4.69) is 16.0 Å². The van der Waals surface area contributed by atoms with Gasteiger partial charge in [0.2, 0.25) is 11.8 Å². The van der Waals surface area contributed by atoms with Crippen LogP contribution in [0.4, 0.5) is 17.1 Å². The van der Waals surface area contributed by atoms with E-state index in [4.69, 9.17) is 11.6 Å². The average Bonchev–Trinajstić information content (AvgIpc) is 2.73. The Morgan fingerprint density at radius 2 is 1.38 bits per heavy atom. The van der Waals surface area contributed by atoms with Crippen LogP contribution < -0.4 is 16.0 Å². The summed E-state index contributed by atoms with van der Waals surface area (Å²) < 4.78 is 0. The van der Waals surface area contributed by atoms with Crippen molar-refractivity contribution in [3.8, 4) is 0 Å². The highest BCUT2D eigenvalue weighted by molar-refractivity contribution is 6.30. The first-order chi connectivity index (χ1) is 14.1. The number of aryl methyl sites for hydroxylation is 1. The Morgan fingerprint density at radius 3 is 2.07 bits per heavy atom. The van der Waals surface area contributed by atoms with E-state index in [0.29, 0.717) is 29.2 Å². The normalized spacial score (nSPS) is 10.2. The second kappa shape index (κ2) is 10.3. The van der Waals surface area contributed by atoms with Gasteiger partial charge in [-0.05, 0) is 54.4 Å². The van der Waals surface area contributed by atoms with E-state index in [1.807, 2.05) is 30.3 Å². The van der Waals surface area contributed by atoms with E-state index in [1.165, 1.54) is 0 Å². The number of halogens is 1. The molecule has 0 spiro atoms. The number of carbonyl (C=O) groups excluding carboxylic acids is 2. The fourth-order valence-electron chi connectivity index (χ4n) is 2.76. The quantitative estimate of drug-likeness (QED) is 0.494. The molecular formula is C23H22ClN3O2. The van der Waals surface area contributed by atoms with E-state index in [9.17, 15) is 9.59 Å². The predicted molar refractivity (Wildman–Crippen MR) is 118 cm³/mol. The molecule has 0 aromatic heterocycles. The maximum atomic E-state index is 12.2. The predicted octanol–water partition coefficient (Wildman–Crippen LogP) is 4.96. The van der Waals surface area contributed by atoms with Crippen LogP contribution in [0.15, 0.2) is 78.9 Å². The van der Waals surface area contributed by atoms with Crippen molar-refractivity contribution >= 4 is 40.5 Å². The van der Waals surface area contributed by atoms with Crippen molar-refractivity contribution in [3.63, 3.8) is 0 Å². The lowest BCUT2D eigenvalue weighted by Crippen LogP contribution is -2.21. The fourth-order valence-corrected chi connectivity index (χ4v) is 2.88. The Morgan fingerprint density at radius 1 is 0.724 bits per heavy atom. The van der Waals surface area contributed by atoms with Gasteiger partial charge in [0.25, 0.3) is 0 Å². The molecule has 0 radical (unpaired) electrons. The zero-order chi connectivity index (χ0) is 20.5. The molecule has 0 aliphatic carbocycles. The summed E-state index contributed by atoms with van der Waals surface area (Å²) in [6.07, 6.45) is 1.07. The Hall–Kier alpha value is -3.31. The largest absolute Gasteiger partial charge is 0.376 e. The summed E-state index contributed by atoms with van der Waals surface area (Å²) in [5.74, 6) is -0.255. The summed E-state index contributed by atoms with van der Waals surface area (Å²) in [6, 6.07) is 24.1. The van der Waals surface area contributed by atoms with Crippen molar-refractivity contribution in [1.29, 1.82) is 0 Å². The van der Waals surface area contributed by atoms with Gasteiger partial charge < -0.3 is 16.0 Å². The van der Waals surface area contributed by atoms with Crippen molar-refractivity contribution in [1.82, 2.24) is 0 Å². The monoisotopic (exact) mass is 407 g/mol. The summed E-state index contributed by atoms with van der Waals surface area (Å²) in [6.45, 7) is 0.120. The van der Waals surface area contributed by atoms with E-state index in [0.717, 1.165) is 11.3 Å². The zero-order valence-corrected chi connectivity index (χ0v) is 16.6. The van der Waals surface area contributed by atoms with Crippen molar-refractivity contribution in [2.75, 3.05) is 22.5 Å². The smallest absolute Gasteiger partial charge is 0.243 e. The van der Waals surface area contributed by atoms with Gasteiger partial charge in [0.05, 0.1) is 6.54 Å². The molecule has 6 heteroatoms. The summed E-state index contributed by atoms with van der Waals surface area (Å²) in [5, 5.41) is 9.36. The minimum Gasteiger partial charge on any atom is -0.376 e. The third kappa shape index (κ3) is 6.97. The van der Waals surface area contributed by atoms with Crippen LogP contribution in [0.1, 0.15) is 12.0 Å². The Bertz CT molecular complexity index is 959. The van der Waals surface area contributed by atoms with Crippen LogP contribution in [0.2, 0.25) is 5.02 Å². The first-order valence-corrected chi connectivity index (χ1v) is 9.69. The Labute approximate surface area is 175 Å². The number of nitrogens with one attached hydrogen (secondary N) is 3. The Kier molecular flexibility index (Phi) is 7.25. The first-order valence-electron chi connectivity index (χ1n) is 9.31. The molecular weight excluding hydrogens is 386 g/mol. The van der Waals surface area contributed by atoms with Gasteiger partial charge in [0.15, 0.2) is 0 Å². The molecule has 3 aromatic rings. The lowest BCUT2D eigenvalue weighted by molar-refractivity contribution is -0.116. The van der Waals surface area contributed by atoms with Gasteiger partial charge in [-0.2, -0.15) is 0 Å². The lowest BCUT2D eigenvalue weighted by atomic mass is 10.1. The summed E-state index contributed by atoms with van der Waals surface area (Å²) in [4.78, 5) is 24.3. The van der Waals surface area contributed by atoms with Crippen LogP contribution >= 0.6 is 11.6 Å². The lowest BCUT2D eigenvalue weighted by Gasteiger charge is -2.10. The van der Waals surface area contributed by atoms with Gasteiger partial charge in [-0.25, -0.2) is 0 Å². The highest BCUT2D eigenvalue weighted by Gasteiger charge is 2.06. The molecule has 148 valence electrons. The third-order valence-electron chi connectivity index (χ3n) is 4.21. The molecule has 0 aliphatic rings.